The van der Waals surface area contributed by atoms with Crippen LogP contribution >= 0.6 is 0 Å². The van der Waals surface area contributed by atoms with E-state index in [1.807, 2.05) is 36.4 Å². The van der Waals surface area contributed by atoms with Crippen molar-refractivity contribution in [2.75, 3.05) is 6.61 Å². The third kappa shape index (κ3) is 14.0. The highest BCUT2D eigenvalue weighted by molar-refractivity contribution is 5.90. The lowest BCUT2D eigenvalue weighted by atomic mass is 9.95. The van der Waals surface area contributed by atoms with E-state index in [9.17, 15) is 0 Å². The van der Waals surface area contributed by atoms with Crippen LogP contribution in [0.4, 0.5) is 0 Å². The molecule has 0 amide bonds. The van der Waals surface area contributed by atoms with Crippen molar-refractivity contribution >= 4 is 72.9 Å². The molecule has 0 fully saturated rings. The van der Waals surface area contributed by atoms with Crippen LogP contribution in [-0.4, -0.2) is 22.9 Å². The maximum absolute atomic E-state index is 8.11. The summed E-state index contributed by atoms with van der Waals surface area (Å²) < 4.78 is 7.22. The molecule has 0 aromatic heterocycles. The monoisotopic (exact) mass is 858 g/mol. The summed E-state index contributed by atoms with van der Waals surface area (Å²) in [5.41, 5.74) is 12.9. The molecule has 0 spiro atoms. The normalized spacial score (nSPS) is 12.1. The molecule has 8 rings (SSSR count). The molecular formula is C63H54O3. The van der Waals surface area contributed by atoms with Crippen LogP contribution < -0.4 is 4.74 Å². The first kappa shape index (κ1) is 45.9. The molecule has 8 aromatic rings. The molecule has 3 nitrogen and oxygen atoms in total. The van der Waals surface area contributed by atoms with Crippen LogP contribution in [0, 0.1) is 0 Å². The van der Waals surface area contributed by atoms with Gasteiger partial charge in [0, 0.05) is 11.1 Å². The molecule has 3 heteroatoms. The lowest BCUT2D eigenvalue weighted by molar-refractivity contribution is 0.110. The second-order valence-corrected chi connectivity index (χ2v) is 15.6. The van der Waals surface area contributed by atoms with E-state index in [4.69, 9.17) is 14.9 Å². The van der Waals surface area contributed by atoms with Gasteiger partial charge in [-0.2, -0.15) is 0 Å². The second-order valence-electron chi connectivity index (χ2n) is 15.6. The Kier molecular flexibility index (Phi) is 17.2. The first-order chi connectivity index (χ1) is 32.5. The minimum atomic E-state index is -0.560. The summed E-state index contributed by atoms with van der Waals surface area (Å²) in [5.74, 6) is 1.49. The molecule has 0 heterocycles. The van der Waals surface area contributed by atoms with E-state index >= 15 is 0 Å². The van der Waals surface area contributed by atoms with Crippen molar-refractivity contribution in [3.8, 4) is 11.5 Å². The highest BCUT2D eigenvalue weighted by atomic mass is 16.5. The fraction of sp³-hybridized carbons (Fsp3) is 0.0476. The summed E-state index contributed by atoms with van der Waals surface area (Å²) in [6.45, 7) is 1.39. The van der Waals surface area contributed by atoms with E-state index in [0.29, 0.717) is 0 Å². The summed E-state index contributed by atoms with van der Waals surface area (Å²) in [7, 11) is 0. The molecular weight excluding hydrogens is 805 g/mol. The standard InChI is InChI=1S/C60H46O.C3H8O2/c1-7-19-47(20-8-1)31-37-53-39-45-59(57(43-35-51-27-15-5-16-28-51)55(53)41-33-49-23-11-3-12-24-49)61-60-46-40-54(38-32-48-21-9-2-10-22-48)56(42-34-50-25-13-4-14-26-50)58(60)44-36-52-29-17-6-18-30-52;1-3(5)2-4/h1-46H;3-5H,2H2,1H3/b37-31+,38-32+,41-33+,42-34+,43-35+,44-36+;. The topological polar surface area (TPSA) is 49.7 Å². The lowest BCUT2D eigenvalue weighted by Gasteiger charge is -2.18. The molecule has 324 valence electrons. The van der Waals surface area contributed by atoms with Gasteiger partial charge in [-0.25, -0.2) is 0 Å². The van der Waals surface area contributed by atoms with Crippen LogP contribution in [-0.2, 0) is 0 Å². The third-order valence-electron chi connectivity index (χ3n) is 10.5. The number of hydrogen-bond acceptors (Lipinski definition) is 3. The molecule has 0 aliphatic heterocycles. The van der Waals surface area contributed by atoms with E-state index in [0.717, 1.165) is 78.3 Å². The molecule has 0 aliphatic carbocycles. The first-order valence-electron chi connectivity index (χ1n) is 22.2. The van der Waals surface area contributed by atoms with E-state index in [1.54, 1.807) is 0 Å². The van der Waals surface area contributed by atoms with Crippen molar-refractivity contribution in [1.29, 1.82) is 0 Å². The number of benzene rings is 8. The minimum Gasteiger partial charge on any atom is -0.456 e. The van der Waals surface area contributed by atoms with E-state index in [2.05, 4.69) is 243 Å². The molecule has 0 aliphatic rings. The van der Waals surface area contributed by atoms with Gasteiger partial charge in [0.25, 0.3) is 0 Å². The average molecular weight is 859 g/mol. The fourth-order valence-electron chi connectivity index (χ4n) is 7.04. The van der Waals surface area contributed by atoms with E-state index in [1.165, 1.54) is 6.92 Å². The van der Waals surface area contributed by atoms with E-state index in [-0.39, 0.29) is 6.61 Å². The Bertz CT molecular complexity index is 2690. The van der Waals surface area contributed by atoms with E-state index < -0.39 is 6.10 Å². The van der Waals surface area contributed by atoms with Gasteiger partial charge in [0.15, 0.2) is 0 Å². The van der Waals surface area contributed by atoms with Gasteiger partial charge in [-0.1, -0.05) is 267 Å². The molecule has 1 atom stereocenters. The average Bonchev–Trinajstić information content (AvgIpc) is 3.38. The van der Waals surface area contributed by atoms with Crippen LogP contribution in [0.25, 0.3) is 72.9 Å². The van der Waals surface area contributed by atoms with Gasteiger partial charge in [0.05, 0.1) is 12.7 Å². The van der Waals surface area contributed by atoms with Crippen molar-refractivity contribution in [2.24, 2.45) is 0 Å². The summed E-state index contributed by atoms with van der Waals surface area (Å²) >= 11 is 0. The number of aliphatic hydroxyl groups is 2. The van der Waals surface area contributed by atoms with Crippen LogP contribution in [0.5, 0.6) is 11.5 Å². The quantitative estimate of drug-likeness (QED) is 0.101. The third-order valence-corrected chi connectivity index (χ3v) is 10.5. The number of hydrogen-bond donors (Lipinski definition) is 2. The zero-order valence-corrected chi connectivity index (χ0v) is 37.1. The van der Waals surface area contributed by atoms with Gasteiger partial charge >= 0.3 is 0 Å². The summed E-state index contributed by atoms with van der Waals surface area (Å²) in [6, 6.07) is 71.0. The van der Waals surface area contributed by atoms with Gasteiger partial charge in [-0.05, 0) is 74.7 Å². The molecule has 0 radical (unpaired) electrons. The van der Waals surface area contributed by atoms with Crippen molar-refractivity contribution in [3.05, 3.63) is 273 Å². The van der Waals surface area contributed by atoms with Gasteiger partial charge in [0.2, 0.25) is 0 Å². The molecule has 8 aromatic carbocycles. The Balaban J connectivity index is 0.00000123. The highest BCUT2D eigenvalue weighted by Crippen LogP contribution is 2.38. The SMILES string of the molecule is C(=C\c1ccc(Oc2ccc(/C=C/c3ccccc3)c(/C=C/c3ccccc3)c2/C=C/c2ccccc2)c(/C=C/c2ccccc2)c1/C=C/c1ccccc1)/c1ccccc1.CC(O)CO. The van der Waals surface area contributed by atoms with Crippen LogP contribution in [0.1, 0.15) is 73.7 Å². The summed E-state index contributed by atoms with van der Waals surface area (Å²) in [5, 5.41) is 16.0. The number of aliphatic hydroxyl groups excluding tert-OH is 2. The van der Waals surface area contributed by atoms with Gasteiger partial charge in [-0.15, -0.1) is 0 Å². The summed E-state index contributed by atoms with van der Waals surface area (Å²) in [6.07, 6.45) is 25.6. The lowest BCUT2D eigenvalue weighted by Crippen LogP contribution is -2.03. The van der Waals surface area contributed by atoms with Gasteiger partial charge in [-0.3, -0.25) is 0 Å². The molecule has 66 heavy (non-hydrogen) atoms. The Morgan fingerprint density at radius 2 is 0.545 bits per heavy atom. The Hall–Kier alpha value is -8.08. The van der Waals surface area contributed by atoms with Crippen molar-refractivity contribution < 1.29 is 14.9 Å². The van der Waals surface area contributed by atoms with Crippen molar-refractivity contribution in [1.82, 2.24) is 0 Å². The van der Waals surface area contributed by atoms with Gasteiger partial charge in [0.1, 0.15) is 11.5 Å². The maximum Gasteiger partial charge on any atom is 0.135 e. The fourth-order valence-corrected chi connectivity index (χ4v) is 7.04. The smallest absolute Gasteiger partial charge is 0.135 e. The number of ether oxygens (including phenoxy) is 1. The largest absolute Gasteiger partial charge is 0.456 e. The molecule has 0 saturated heterocycles. The van der Waals surface area contributed by atoms with Gasteiger partial charge < -0.3 is 14.9 Å². The van der Waals surface area contributed by atoms with Crippen LogP contribution in [0.2, 0.25) is 0 Å². The first-order valence-corrected chi connectivity index (χ1v) is 22.2. The molecule has 0 bridgehead atoms. The van der Waals surface area contributed by atoms with Crippen LogP contribution in [0.3, 0.4) is 0 Å². The zero-order chi connectivity index (χ0) is 45.6. The van der Waals surface area contributed by atoms with Crippen LogP contribution in [0.15, 0.2) is 206 Å². The zero-order valence-electron chi connectivity index (χ0n) is 37.1. The Morgan fingerprint density at radius 3 is 0.788 bits per heavy atom. The molecule has 2 N–H and O–H groups in total. The number of rotatable bonds is 15. The maximum atomic E-state index is 8.11. The van der Waals surface area contributed by atoms with Crippen molar-refractivity contribution in [2.45, 2.75) is 13.0 Å². The predicted molar refractivity (Wildman–Crippen MR) is 284 cm³/mol. The minimum absolute atomic E-state index is 0.139. The Morgan fingerprint density at radius 1 is 0.318 bits per heavy atom. The highest BCUT2D eigenvalue weighted by Gasteiger charge is 2.16. The van der Waals surface area contributed by atoms with Crippen molar-refractivity contribution in [3.63, 3.8) is 0 Å². The second kappa shape index (κ2) is 24.7. The molecule has 0 saturated carbocycles. The predicted octanol–water partition coefficient (Wildman–Crippen LogP) is 15.9. The Labute approximate surface area is 390 Å². The molecule has 1 unspecified atom stereocenters. The summed E-state index contributed by atoms with van der Waals surface area (Å²) in [4.78, 5) is 0.